The van der Waals surface area contributed by atoms with Gasteiger partial charge in [-0.05, 0) is 42.5 Å². The molecule has 0 saturated carbocycles. The highest BCUT2D eigenvalue weighted by molar-refractivity contribution is 5.68. The highest BCUT2D eigenvalue weighted by Crippen LogP contribution is 2.32. The van der Waals surface area contributed by atoms with E-state index in [1.165, 1.54) is 16.9 Å². The lowest BCUT2D eigenvalue weighted by Gasteiger charge is -2.21. The molecular formula is C15H22N2O2. The maximum absolute atomic E-state index is 10.9. The van der Waals surface area contributed by atoms with Crippen molar-refractivity contribution < 1.29 is 9.90 Å². The Labute approximate surface area is 114 Å². The van der Waals surface area contributed by atoms with Crippen LogP contribution in [0.5, 0.6) is 0 Å². The molecule has 0 radical (unpaired) electrons. The fourth-order valence-corrected chi connectivity index (χ4v) is 2.72. The van der Waals surface area contributed by atoms with E-state index in [-0.39, 0.29) is 12.3 Å². The Hall–Kier alpha value is -1.71. The van der Waals surface area contributed by atoms with Crippen LogP contribution >= 0.6 is 0 Å². The second-order valence-corrected chi connectivity index (χ2v) is 5.59. The minimum Gasteiger partial charge on any atom is -0.481 e. The van der Waals surface area contributed by atoms with Crippen LogP contribution in [-0.4, -0.2) is 38.8 Å². The van der Waals surface area contributed by atoms with Gasteiger partial charge < -0.3 is 14.9 Å². The van der Waals surface area contributed by atoms with Crippen molar-refractivity contribution in [2.24, 2.45) is 5.92 Å². The van der Waals surface area contributed by atoms with Gasteiger partial charge in [0, 0.05) is 45.5 Å². The van der Waals surface area contributed by atoms with Crippen molar-refractivity contribution in [3.05, 3.63) is 23.8 Å². The van der Waals surface area contributed by atoms with E-state index in [0.717, 1.165) is 19.4 Å². The van der Waals surface area contributed by atoms with Crippen LogP contribution in [0.4, 0.5) is 11.4 Å². The quantitative estimate of drug-likeness (QED) is 0.907. The van der Waals surface area contributed by atoms with Gasteiger partial charge in [0.2, 0.25) is 0 Å². The molecule has 4 heteroatoms. The van der Waals surface area contributed by atoms with E-state index in [9.17, 15) is 4.79 Å². The zero-order chi connectivity index (χ0) is 14.0. The van der Waals surface area contributed by atoms with Gasteiger partial charge in [-0.15, -0.1) is 0 Å². The Morgan fingerprint density at radius 3 is 2.84 bits per heavy atom. The van der Waals surface area contributed by atoms with Crippen molar-refractivity contribution in [2.75, 3.05) is 37.5 Å². The summed E-state index contributed by atoms with van der Waals surface area (Å²) >= 11 is 0. The smallest absolute Gasteiger partial charge is 0.303 e. The van der Waals surface area contributed by atoms with Crippen molar-refractivity contribution in [1.29, 1.82) is 0 Å². The number of carboxylic acids is 1. The first kappa shape index (κ1) is 13.7. The lowest BCUT2D eigenvalue weighted by molar-refractivity contribution is -0.138. The molecule has 104 valence electrons. The lowest BCUT2D eigenvalue weighted by atomic mass is 9.93. The number of carboxylic acid groups (broad SMARTS) is 1. The molecule has 0 saturated heterocycles. The zero-order valence-corrected chi connectivity index (χ0v) is 11.9. The molecule has 1 atom stereocenters. The number of rotatable bonds is 3. The first-order valence-corrected chi connectivity index (χ1v) is 6.70. The normalized spacial score (nSPS) is 18.7. The Morgan fingerprint density at radius 2 is 2.21 bits per heavy atom. The van der Waals surface area contributed by atoms with E-state index < -0.39 is 5.97 Å². The summed E-state index contributed by atoms with van der Waals surface area (Å²) in [4.78, 5) is 15.2. The van der Waals surface area contributed by atoms with E-state index in [2.05, 4.69) is 35.0 Å². The highest BCUT2D eigenvalue weighted by Gasteiger charge is 2.21. The first-order chi connectivity index (χ1) is 8.97. The Morgan fingerprint density at radius 1 is 1.47 bits per heavy atom. The summed E-state index contributed by atoms with van der Waals surface area (Å²) in [7, 11) is 6.13. The van der Waals surface area contributed by atoms with Crippen LogP contribution in [0.2, 0.25) is 0 Å². The molecule has 0 spiro atoms. The van der Waals surface area contributed by atoms with Crippen LogP contribution in [0.1, 0.15) is 18.4 Å². The van der Waals surface area contributed by atoms with Gasteiger partial charge in [-0.1, -0.05) is 0 Å². The standard InChI is InChI=1S/C15H22N2O2/c1-16(2)13-4-5-14-12(10-13)8-11(9-15(18)19)6-7-17(14)3/h4-5,10-11H,6-9H2,1-3H3,(H,18,19). The van der Waals surface area contributed by atoms with Crippen LogP contribution in [-0.2, 0) is 11.2 Å². The SMILES string of the molecule is CN(C)c1ccc2c(c1)CC(CC(=O)O)CCN2C. The third kappa shape index (κ3) is 3.19. The maximum atomic E-state index is 10.9. The number of hydrogen-bond donors (Lipinski definition) is 1. The molecular weight excluding hydrogens is 240 g/mol. The number of aliphatic carboxylic acids is 1. The topological polar surface area (TPSA) is 43.8 Å². The number of anilines is 2. The summed E-state index contributed by atoms with van der Waals surface area (Å²) in [6, 6.07) is 6.45. The average Bonchev–Trinajstić information content (AvgIpc) is 2.48. The van der Waals surface area contributed by atoms with Crippen LogP contribution in [0, 0.1) is 5.92 Å². The first-order valence-electron chi connectivity index (χ1n) is 6.70. The van der Waals surface area contributed by atoms with Crippen LogP contribution in [0.3, 0.4) is 0 Å². The van der Waals surface area contributed by atoms with Crippen LogP contribution < -0.4 is 9.80 Å². The van der Waals surface area contributed by atoms with Gasteiger partial charge in [-0.25, -0.2) is 0 Å². The van der Waals surface area contributed by atoms with Crippen LogP contribution in [0.15, 0.2) is 18.2 Å². The second-order valence-electron chi connectivity index (χ2n) is 5.59. The molecule has 1 heterocycles. The molecule has 1 aliphatic rings. The number of nitrogens with zero attached hydrogens (tertiary/aromatic N) is 2. The molecule has 0 aliphatic carbocycles. The molecule has 0 amide bonds. The van der Waals surface area contributed by atoms with E-state index in [4.69, 9.17) is 5.11 Å². The third-order valence-electron chi connectivity index (χ3n) is 3.84. The Bertz CT molecular complexity index is 471. The molecule has 1 aromatic carbocycles. The third-order valence-corrected chi connectivity index (χ3v) is 3.84. The zero-order valence-electron chi connectivity index (χ0n) is 11.9. The number of hydrogen-bond acceptors (Lipinski definition) is 3. The van der Waals surface area contributed by atoms with E-state index >= 15 is 0 Å². The predicted molar refractivity (Wildman–Crippen MR) is 78.1 cm³/mol. The van der Waals surface area contributed by atoms with Gasteiger partial charge in [0.25, 0.3) is 0 Å². The van der Waals surface area contributed by atoms with E-state index in [0.29, 0.717) is 0 Å². The van der Waals surface area contributed by atoms with Crippen molar-refractivity contribution in [2.45, 2.75) is 19.3 Å². The molecule has 1 N–H and O–H groups in total. The summed E-state index contributed by atoms with van der Waals surface area (Å²) in [6.07, 6.45) is 2.06. The maximum Gasteiger partial charge on any atom is 0.303 e. The molecule has 0 bridgehead atoms. The van der Waals surface area contributed by atoms with Crippen molar-refractivity contribution in [3.63, 3.8) is 0 Å². The van der Waals surface area contributed by atoms with Gasteiger partial charge in [0.15, 0.2) is 0 Å². The monoisotopic (exact) mass is 262 g/mol. The molecule has 0 aromatic heterocycles. The van der Waals surface area contributed by atoms with E-state index in [1.54, 1.807) is 0 Å². The van der Waals surface area contributed by atoms with Crippen molar-refractivity contribution >= 4 is 17.3 Å². The summed E-state index contributed by atoms with van der Waals surface area (Å²) < 4.78 is 0. The Kier molecular flexibility index (Phi) is 3.98. The number of benzene rings is 1. The van der Waals surface area contributed by atoms with Crippen LogP contribution in [0.25, 0.3) is 0 Å². The molecule has 2 rings (SSSR count). The summed E-state index contributed by atoms with van der Waals surface area (Å²) in [5, 5.41) is 8.99. The Balaban J connectivity index is 2.30. The van der Waals surface area contributed by atoms with Gasteiger partial charge in [0.1, 0.15) is 0 Å². The minimum atomic E-state index is -0.695. The number of carbonyl (C=O) groups is 1. The summed E-state index contributed by atoms with van der Waals surface area (Å²) in [5.74, 6) is -0.460. The highest BCUT2D eigenvalue weighted by atomic mass is 16.4. The lowest BCUT2D eigenvalue weighted by Crippen LogP contribution is -2.19. The van der Waals surface area contributed by atoms with Gasteiger partial charge in [-0.3, -0.25) is 4.79 Å². The van der Waals surface area contributed by atoms with E-state index in [1.807, 2.05) is 14.1 Å². The molecule has 1 unspecified atom stereocenters. The average molecular weight is 262 g/mol. The van der Waals surface area contributed by atoms with Gasteiger partial charge in [0.05, 0.1) is 0 Å². The second kappa shape index (κ2) is 5.51. The molecule has 0 fully saturated rings. The molecule has 19 heavy (non-hydrogen) atoms. The minimum absolute atomic E-state index is 0.235. The summed E-state index contributed by atoms with van der Waals surface area (Å²) in [5.41, 5.74) is 3.67. The number of fused-ring (bicyclic) bond motifs is 1. The fraction of sp³-hybridized carbons (Fsp3) is 0.533. The van der Waals surface area contributed by atoms with Crippen molar-refractivity contribution in [3.8, 4) is 0 Å². The predicted octanol–water partition coefficient (Wildman–Crippen LogP) is 2.23. The molecule has 4 nitrogen and oxygen atoms in total. The fourth-order valence-electron chi connectivity index (χ4n) is 2.72. The van der Waals surface area contributed by atoms with Gasteiger partial charge in [-0.2, -0.15) is 0 Å². The summed E-state index contributed by atoms with van der Waals surface area (Å²) in [6.45, 7) is 0.923. The van der Waals surface area contributed by atoms with Crippen molar-refractivity contribution in [1.82, 2.24) is 0 Å². The molecule has 1 aromatic rings. The largest absolute Gasteiger partial charge is 0.481 e. The van der Waals surface area contributed by atoms with Gasteiger partial charge >= 0.3 is 5.97 Å². The molecule has 1 aliphatic heterocycles.